The molecule has 0 unspecified atom stereocenters. The van der Waals surface area contributed by atoms with Crippen molar-refractivity contribution in [1.82, 2.24) is 4.72 Å². The van der Waals surface area contributed by atoms with Crippen molar-refractivity contribution in [3.05, 3.63) is 65.7 Å². The molecule has 0 aromatic heterocycles. The highest BCUT2D eigenvalue weighted by atomic mass is 32.2. The molecule has 0 aliphatic heterocycles. The third kappa shape index (κ3) is 4.25. The summed E-state index contributed by atoms with van der Waals surface area (Å²) >= 11 is 0. The van der Waals surface area contributed by atoms with Crippen LogP contribution in [-0.2, 0) is 15.7 Å². The number of rotatable bonds is 6. The molecule has 5 nitrogen and oxygen atoms in total. The zero-order chi connectivity index (χ0) is 20.4. The van der Waals surface area contributed by atoms with Gasteiger partial charge < -0.3 is 5.32 Å². The Balaban J connectivity index is 1.75. The van der Waals surface area contributed by atoms with Gasteiger partial charge in [0.2, 0.25) is 10.0 Å². The summed E-state index contributed by atoms with van der Waals surface area (Å²) in [5, 5.41) is 2.16. The number of amides is 1. The van der Waals surface area contributed by atoms with Crippen molar-refractivity contribution in [2.24, 2.45) is 0 Å². The van der Waals surface area contributed by atoms with Gasteiger partial charge in [0.25, 0.3) is 5.91 Å². The highest BCUT2D eigenvalue weighted by molar-refractivity contribution is 7.90. The molecule has 0 radical (unpaired) electrons. The number of halogens is 1. The predicted octanol–water partition coefficient (Wildman–Crippen LogP) is 3.98. The van der Waals surface area contributed by atoms with E-state index in [2.05, 4.69) is 10.0 Å². The standard InChI is InChI=1S/C21H25FN2O3S/c1-15(2)28(26,27)24-19-9-6-14-21(19,22)17-10-12-18(13-11-17)23-20(25)16-7-4-3-5-8-16/h3-5,7-8,10-13,15,19,24H,6,9,14H2,1-2H3,(H,23,25)/t19-,21+/m0/s1. The van der Waals surface area contributed by atoms with E-state index < -0.39 is 27.0 Å². The van der Waals surface area contributed by atoms with Gasteiger partial charge >= 0.3 is 0 Å². The van der Waals surface area contributed by atoms with Crippen LogP contribution in [0.1, 0.15) is 49.0 Å². The second-order valence-corrected chi connectivity index (χ2v) is 9.68. The minimum absolute atomic E-state index is 0.244. The van der Waals surface area contributed by atoms with Crippen LogP contribution in [-0.4, -0.2) is 25.6 Å². The number of sulfonamides is 1. The van der Waals surface area contributed by atoms with Crippen LogP contribution in [0, 0.1) is 0 Å². The zero-order valence-electron chi connectivity index (χ0n) is 16.0. The second-order valence-electron chi connectivity index (χ2n) is 7.42. The Labute approximate surface area is 165 Å². The quantitative estimate of drug-likeness (QED) is 0.765. The number of carbonyl (C=O) groups excluding carboxylic acids is 1. The van der Waals surface area contributed by atoms with Crippen molar-refractivity contribution in [3.8, 4) is 0 Å². The monoisotopic (exact) mass is 404 g/mol. The van der Waals surface area contributed by atoms with Crippen molar-refractivity contribution in [2.75, 3.05) is 5.32 Å². The molecular weight excluding hydrogens is 379 g/mol. The van der Waals surface area contributed by atoms with Crippen LogP contribution < -0.4 is 10.0 Å². The Bertz CT molecular complexity index is 930. The molecule has 150 valence electrons. The SMILES string of the molecule is CC(C)S(=O)(=O)N[C@H]1CCC[C@@]1(F)c1ccc(NC(=O)c2ccccc2)cc1. The average molecular weight is 405 g/mol. The molecule has 3 rings (SSSR count). The first kappa shape index (κ1) is 20.5. The van der Waals surface area contributed by atoms with Gasteiger partial charge in [0, 0.05) is 11.3 Å². The Hall–Kier alpha value is -2.25. The van der Waals surface area contributed by atoms with Crippen LogP contribution in [0.5, 0.6) is 0 Å². The average Bonchev–Trinajstić information content (AvgIpc) is 3.04. The normalized spacial score (nSPS) is 22.4. The molecule has 1 amide bonds. The first-order chi connectivity index (χ1) is 13.2. The van der Waals surface area contributed by atoms with Gasteiger partial charge in [-0.3, -0.25) is 4.79 Å². The predicted molar refractivity (Wildman–Crippen MR) is 108 cm³/mol. The minimum Gasteiger partial charge on any atom is -0.322 e. The van der Waals surface area contributed by atoms with Crippen LogP contribution in [0.25, 0.3) is 0 Å². The first-order valence-electron chi connectivity index (χ1n) is 9.39. The maximum Gasteiger partial charge on any atom is 0.255 e. The van der Waals surface area contributed by atoms with Gasteiger partial charge in [-0.25, -0.2) is 17.5 Å². The number of benzene rings is 2. The van der Waals surface area contributed by atoms with E-state index in [-0.39, 0.29) is 12.3 Å². The molecule has 2 aromatic rings. The van der Waals surface area contributed by atoms with E-state index in [9.17, 15) is 13.2 Å². The van der Waals surface area contributed by atoms with Crippen LogP contribution in [0.3, 0.4) is 0 Å². The first-order valence-corrected chi connectivity index (χ1v) is 10.9. The summed E-state index contributed by atoms with van der Waals surface area (Å²) in [7, 11) is -3.56. The molecule has 2 N–H and O–H groups in total. The molecule has 1 aliphatic carbocycles. The molecule has 2 atom stereocenters. The fraction of sp³-hybridized carbons (Fsp3) is 0.381. The number of anilines is 1. The summed E-state index contributed by atoms with van der Waals surface area (Å²) in [6.45, 7) is 3.14. The van der Waals surface area contributed by atoms with Crippen molar-refractivity contribution in [1.29, 1.82) is 0 Å². The van der Waals surface area contributed by atoms with Gasteiger partial charge in [-0.05, 0) is 62.9 Å². The van der Waals surface area contributed by atoms with E-state index in [1.165, 1.54) is 0 Å². The minimum atomic E-state index is -3.56. The van der Waals surface area contributed by atoms with Crippen molar-refractivity contribution < 1.29 is 17.6 Å². The molecule has 1 fully saturated rings. The number of alkyl halides is 1. The van der Waals surface area contributed by atoms with E-state index >= 15 is 4.39 Å². The third-order valence-electron chi connectivity index (χ3n) is 5.17. The van der Waals surface area contributed by atoms with Gasteiger partial charge in [-0.1, -0.05) is 30.3 Å². The summed E-state index contributed by atoms with van der Waals surface area (Å²) in [4.78, 5) is 12.2. The molecule has 1 aliphatic rings. The fourth-order valence-electron chi connectivity index (χ4n) is 3.42. The fourth-order valence-corrected chi connectivity index (χ4v) is 4.40. The molecule has 2 aromatic carbocycles. The molecule has 28 heavy (non-hydrogen) atoms. The molecule has 0 bridgehead atoms. The van der Waals surface area contributed by atoms with Crippen LogP contribution in [0.2, 0.25) is 0 Å². The number of nitrogens with one attached hydrogen (secondary N) is 2. The lowest BCUT2D eigenvalue weighted by atomic mass is 9.91. The lowest BCUT2D eigenvalue weighted by Crippen LogP contribution is -2.46. The molecule has 0 spiro atoms. The molecule has 1 saturated carbocycles. The van der Waals surface area contributed by atoms with Crippen LogP contribution in [0.4, 0.5) is 10.1 Å². The highest BCUT2D eigenvalue weighted by Gasteiger charge is 2.46. The Morgan fingerprint density at radius 3 is 2.36 bits per heavy atom. The summed E-state index contributed by atoms with van der Waals surface area (Å²) in [5.41, 5.74) is -0.255. The Morgan fingerprint density at radius 1 is 1.11 bits per heavy atom. The van der Waals surface area contributed by atoms with Crippen molar-refractivity contribution >= 4 is 21.6 Å². The molecule has 0 saturated heterocycles. The zero-order valence-corrected chi connectivity index (χ0v) is 16.8. The summed E-state index contributed by atoms with van der Waals surface area (Å²) < 4.78 is 42.7. The van der Waals surface area contributed by atoms with E-state index in [0.29, 0.717) is 29.7 Å². The van der Waals surface area contributed by atoms with E-state index in [0.717, 1.165) is 0 Å². The van der Waals surface area contributed by atoms with Crippen LogP contribution in [0.15, 0.2) is 54.6 Å². The lowest BCUT2D eigenvalue weighted by Gasteiger charge is -2.29. The number of hydrogen-bond donors (Lipinski definition) is 2. The maximum atomic E-state index is 15.7. The summed E-state index contributed by atoms with van der Waals surface area (Å²) in [6.07, 6.45) is 1.32. The molecular formula is C21H25FN2O3S. The second kappa shape index (κ2) is 8.01. The third-order valence-corrected chi connectivity index (χ3v) is 7.03. The van der Waals surface area contributed by atoms with E-state index in [4.69, 9.17) is 0 Å². The largest absolute Gasteiger partial charge is 0.322 e. The van der Waals surface area contributed by atoms with Gasteiger partial charge in [0.1, 0.15) is 0 Å². The van der Waals surface area contributed by atoms with E-state index in [1.807, 2.05) is 6.07 Å². The smallest absolute Gasteiger partial charge is 0.255 e. The highest BCUT2D eigenvalue weighted by Crippen LogP contribution is 2.43. The van der Waals surface area contributed by atoms with Crippen molar-refractivity contribution in [3.63, 3.8) is 0 Å². The lowest BCUT2D eigenvalue weighted by molar-refractivity contribution is 0.102. The molecule has 7 heteroatoms. The summed E-state index contributed by atoms with van der Waals surface area (Å²) in [5.74, 6) is -0.244. The summed E-state index contributed by atoms with van der Waals surface area (Å²) in [6, 6.07) is 14.5. The number of carbonyl (C=O) groups is 1. The Kier molecular flexibility index (Phi) is 5.86. The topological polar surface area (TPSA) is 75.3 Å². The molecule has 0 heterocycles. The van der Waals surface area contributed by atoms with Gasteiger partial charge in [0.15, 0.2) is 5.67 Å². The van der Waals surface area contributed by atoms with E-state index in [1.54, 1.807) is 62.4 Å². The van der Waals surface area contributed by atoms with Gasteiger partial charge in [-0.15, -0.1) is 0 Å². The Morgan fingerprint density at radius 2 is 1.75 bits per heavy atom. The maximum absolute atomic E-state index is 15.7. The van der Waals surface area contributed by atoms with Crippen LogP contribution >= 0.6 is 0 Å². The van der Waals surface area contributed by atoms with Crippen molar-refractivity contribution in [2.45, 2.75) is 50.1 Å². The number of hydrogen-bond acceptors (Lipinski definition) is 3. The van der Waals surface area contributed by atoms with Gasteiger partial charge in [-0.2, -0.15) is 0 Å². The van der Waals surface area contributed by atoms with Gasteiger partial charge in [0.05, 0.1) is 11.3 Å².